The minimum atomic E-state index is 0.284. The summed E-state index contributed by atoms with van der Waals surface area (Å²) in [6.45, 7) is 4.58. The number of hydrogen-bond donors (Lipinski definition) is 1. The van der Waals surface area contributed by atoms with E-state index >= 15 is 0 Å². The maximum Gasteiger partial charge on any atom is 0.231 e. The number of rotatable bonds is 9. The van der Waals surface area contributed by atoms with Crippen LogP contribution in [-0.4, -0.2) is 13.4 Å². The summed E-state index contributed by atoms with van der Waals surface area (Å²) in [4.78, 5) is 0. The van der Waals surface area contributed by atoms with Crippen molar-refractivity contribution in [3.63, 3.8) is 0 Å². The molecule has 5 nitrogen and oxygen atoms in total. The van der Waals surface area contributed by atoms with Crippen LogP contribution in [0.5, 0.6) is 23.0 Å². The highest BCUT2D eigenvalue weighted by Crippen LogP contribution is 2.33. The summed E-state index contributed by atoms with van der Waals surface area (Å²) in [7, 11) is 0. The predicted octanol–water partition coefficient (Wildman–Crippen LogP) is 5.99. The quantitative estimate of drug-likeness (QED) is 0.425. The summed E-state index contributed by atoms with van der Waals surface area (Å²) in [5.74, 6) is 2.99. The van der Waals surface area contributed by atoms with Gasteiger partial charge in [-0.15, -0.1) is 0 Å². The van der Waals surface area contributed by atoms with Gasteiger partial charge in [-0.2, -0.15) is 0 Å². The molecule has 1 aliphatic heterocycles. The molecule has 1 aliphatic rings. The van der Waals surface area contributed by atoms with E-state index in [2.05, 4.69) is 5.32 Å². The van der Waals surface area contributed by atoms with E-state index in [1.165, 1.54) is 0 Å². The number of ether oxygens (including phenoxy) is 4. The molecule has 3 aromatic rings. The average molecular weight is 460 g/mol. The van der Waals surface area contributed by atoms with Gasteiger partial charge in [-0.25, -0.2) is 0 Å². The van der Waals surface area contributed by atoms with Gasteiger partial charge in [0.1, 0.15) is 6.61 Å². The summed E-state index contributed by atoms with van der Waals surface area (Å²) in [6.07, 6.45) is 0. The van der Waals surface area contributed by atoms with Gasteiger partial charge >= 0.3 is 0 Å². The number of halogens is 2. The van der Waals surface area contributed by atoms with Gasteiger partial charge in [0.25, 0.3) is 0 Å². The van der Waals surface area contributed by atoms with Crippen LogP contribution in [0.1, 0.15) is 23.6 Å². The molecule has 4 rings (SSSR count). The molecule has 0 fully saturated rings. The van der Waals surface area contributed by atoms with Crippen LogP contribution in [-0.2, 0) is 19.7 Å². The molecule has 0 unspecified atom stereocenters. The molecule has 0 spiro atoms. The van der Waals surface area contributed by atoms with Gasteiger partial charge < -0.3 is 24.3 Å². The van der Waals surface area contributed by atoms with Crippen molar-refractivity contribution in [3.05, 3.63) is 81.3 Å². The molecule has 0 atom stereocenters. The van der Waals surface area contributed by atoms with Crippen LogP contribution in [0, 0.1) is 0 Å². The smallest absolute Gasteiger partial charge is 0.231 e. The van der Waals surface area contributed by atoms with Gasteiger partial charge in [-0.05, 0) is 60.0 Å². The lowest BCUT2D eigenvalue weighted by molar-refractivity contribution is 0.174. The van der Waals surface area contributed by atoms with E-state index in [1.54, 1.807) is 12.1 Å². The normalized spacial score (nSPS) is 12.1. The second kappa shape index (κ2) is 10.1. The molecule has 0 radical (unpaired) electrons. The van der Waals surface area contributed by atoms with Gasteiger partial charge in [-0.3, -0.25) is 0 Å². The Labute approximate surface area is 191 Å². The highest BCUT2D eigenvalue weighted by molar-refractivity contribution is 6.42. The Hall–Kier alpha value is -2.60. The van der Waals surface area contributed by atoms with E-state index in [1.807, 2.05) is 49.4 Å². The molecule has 7 heteroatoms. The summed E-state index contributed by atoms with van der Waals surface area (Å²) >= 11 is 12.1. The van der Waals surface area contributed by atoms with E-state index in [4.69, 9.17) is 42.1 Å². The Morgan fingerprint density at radius 2 is 1.52 bits per heavy atom. The maximum absolute atomic E-state index is 6.09. The van der Waals surface area contributed by atoms with Gasteiger partial charge in [0.15, 0.2) is 23.0 Å². The highest BCUT2D eigenvalue weighted by atomic mass is 35.5. The molecular weight excluding hydrogens is 437 g/mol. The van der Waals surface area contributed by atoms with Crippen molar-refractivity contribution in [1.82, 2.24) is 5.32 Å². The van der Waals surface area contributed by atoms with Gasteiger partial charge in [-0.1, -0.05) is 41.4 Å². The fourth-order valence-corrected chi connectivity index (χ4v) is 3.56. The first-order valence-electron chi connectivity index (χ1n) is 10.0. The van der Waals surface area contributed by atoms with Crippen LogP contribution in [0.3, 0.4) is 0 Å². The van der Waals surface area contributed by atoms with Crippen LogP contribution in [0.15, 0.2) is 54.6 Å². The van der Waals surface area contributed by atoms with Crippen molar-refractivity contribution in [1.29, 1.82) is 0 Å². The highest BCUT2D eigenvalue weighted by Gasteiger charge is 2.13. The Morgan fingerprint density at radius 1 is 0.774 bits per heavy atom. The standard InChI is InChI=1S/C24H23Cl2NO4/c1-2-28-23-10-16(12-27-13-17-5-8-22-24(11-17)31-15-30-22)4-7-21(23)29-14-18-3-6-19(25)20(26)9-18/h3-11,27H,2,12-15H2,1H3. The Bertz CT molecular complexity index is 1060. The zero-order chi connectivity index (χ0) is 21.6. The van der Waals surface area contributed by atoms with Crippen molar-refractivity contribution in [2.45, 2.75) is 26.6 Å². The third-order valence-electron chi connectivity index (χ3n) is 4.78. The first-order valence-corrected chi connectivity index (χ1v) is 10.8. The maximum atomic E-state index is 6.09. The van der Waals surface area contributed by atoms with Crippen molar-refractivity contribution < 1.29 is 18.9 Å². The van der Waals surface area contributed by atoms with E-state index in [0.29, 0.717) is 41.3 Å². The molecule has 31 heavy (non-hydrogen) atoms. The third-order valence-corrected chi connectivity index (χ3v) is 5.52. The summed E-state index contributed by atoms with van der Waals surface area (Å²) in [5.41, 5.74) is 3.17. The average Bonchev–Trinajstić information content (AvgIpc) is 3.24. The van der Waals surface area contributed by atoms with Crippen LogP contribution in [0.2, 0.25) is 10.0 Å². The molecule has 0 aromatic heterocycles. The van der Waals surface area contributed by atoms with Crippen molar-refractivity contribution >= 4 is 23.2 Å². The largest absolute Gasteiger partial charge is 0.490 e. The topological polar surface area (TPSA) is 49.0 Å². The van der Waals surface area contributed by atoms with Gasteiger partial charge in [0, 0.05) is 13.1 Å². The minimum Gasteiger partial charge on any atom is -0.490 e. The minimum absolute atomic E-state index is 0.284. The molecule has 0 saturated heterocycles. The summed E-state index contributed by atoms with van der Waals surface area (Å²) in [5, 5.41) is 4.48. The monoisotopic (exact) mass is 459 g/mol. The molecule has 1 heterocycles. The number of fused-ring (bicyclic) bond motifs is 1. The zero-order valence-corrected chi connectivity index (χ0v) is 18.6. The summed E-state index contributed by atoms with van der Waals surface area (Å²) < 4.78 is 22.5. The fraction of sp³-hybridized carbons (Fsp3) is 0.250. The molecule has 3 aromatic carbocycles. The van der Waals surface area contributed by atoms with Gasteiger partial charge in [0.2, 0.25) is 6.79 Å². The first kappa shape index (κ1) is 21.6. The third kappa shape index (κ3) is 5.56. The molecule has 1 N–H and O–H groups in total. The second-order valence-electron chi connectivity index (χ2n) is 7.04. The molecule has 0 saturated carbocycles. The molecule has 0 bridgehead atoms. The molecule has 162 valence electrons. The predicted molar refractivity (Wildman–Crippen MR) is 122 cm³/mol. The number of benzene rings is 3. The Morgan fingerprint density at radius 3 is 2.32 bits per heavy atom. The van der Waals surface area contributed by atoms with E-state index in [-0.39, 0.29) is 6.79 Å². The van der Waals surface area contributed by atoms with E-state index < -0.39 is 0 Å². The van der Waals surface area contributed by atoms with Crippen LogP contribution >= 0.6 is 23.2 Å². The molecular formula is C24H23Cl2NO4. The Balaban J connectivity index is 1.36. The van der Waals surface area contributed by atoms with Gasteiger partial charge in [0.05, 0.1) is 16.7 Å². The second-order valence-corrected chi connectivity index (χ2v) is 7.86. The first-order chi connectivity index (χ1) is 15.1. The lowest BCUT2D eigenvalue weighted by atomic mass is 10.1. The lowest BCUT2D eigenvalue weighted by Crippen LogP contribution is -2.13. The van der Waals surface area contributed by atoms with Crippen molar-refractivity contribution in [2.24, 2.45) is 0 Å². The lowest BCUT2D eigenvalue weighted by Gasteiger charge is -2.14. The van der Waals surface area contributed by atoms with E-state index in [0.717, 1.165) is 34.7 Å². The summed E-state index contributed by atoms with van der Waals surface area (Å²) in [6, 6.07) is 17.4. The van der Waals surface area contributed by atoms with Crippen molar-refractivity contribution in [3.8, 4) is 23.0 Å². The fourth-order valence-electron chi connectivity index (χ4n) is 3.24. The SMILES string of the molecule is CCOc1cc(CNCc2ccc3c(c2)OCO3)ccc1OCc1ccc(Cl)c(Cl)c1. The molecule has 0 aliphatic carbocycles. The van der Waals surface area contributed by atoms with Crippen molar-refractivity contribution in [2.75, 3.05) is 13.4 Å². The van der Waals surface area contributed by atoms with Crippen LogP contribution < -0.4 is 24.3 Å². The molecule has 0 amide bonds. The van der Waals surface area contributed by atoms with Crippen LogP contribution in [0.25, 0.3) is 0 Å². The number of hydrogen-bond acceptors (Lipinski definition) is 5. The number of nitrogens with one attached hydrogen (secondary N) is 1. The Kier molecular flexibility index (Phi) is 7.07. The van der Waals surface area contributed by atoms with E-state index in [9.17, 15) is 0 Å². The van der Waals surface area contributed by atoms with Crippen LogP contribution in [0.4, 0.5) is 0 Å². The zero-order valence-electron chi connectivity index (χ0n) is 17.1.